The maximum atomic E-state index is 12.2. The number of ether oxygens (including phenoxy) is 1. The van der Waals surface area contributed by atoms with E-state index in [-0.39, 0.29) is 29.2 Å². The summed E-state index contributed by atoms with van der Waals surface area (Å²) in [4.78, 5) is 23.9. The number of amides is 2. The third-order valence-electron chi connectivity index (χ3n) is 3.86. The van der Waals surface area contributed by atoms with Crippen LogP contribution in [0.2, 0.25) is 0 Å². The van der Waals surface area contributed by atoms with Crippen molar-refractivity contribution in [1.29, 1.82) is 0 Å². The van der Waals surface area contributed by atoms with Crippen LogP contribution in [0.1, 0.15) is 38.8 Å². The molecule has 160 valence electrons. The molecule has 30 heavy (non-hydrogen) atoms. The van der Waals surface area contributed by atoms with Gasteiger partial charge in [-0.15, -0.1) is 11.8 Å². The summed E-state index contributed by atoms with van der Waals surface area (Å²) in [5.74, 6) is 1.05. The van der Waals surface area contributed by atoms with Crippen LogP contribution in [-0.2, 0) is 15.3 Å². The molecule has 0 fully saturated rings. The topological polar surface area (TPSA) is 79.8 Å². The van der Waals surface area contributed by atoms with Crippen molar-refractivity contribution in [1.82, 2.24) is 10.7 Å². The summed E-state index contributed by atoms with van der Waals surface area (Å²) in [5.41, 5.74) is 4.28. The molecule has 0 unspecified atom stereocenters. The van der Waals surface area contributed by atoms with Crippen LogP contribution in [0.3, 0.4) is 0 Å². The fraction of sp³-hybridized carbons (Fsp3) is 0.348. The van der Waals surface area contributed by atoms with Gasteiger partial charge >= 0.3 is 0 Å². The predicted molar refractivity (Wildman–Crippen MR) is 123 cm³/mol. The largest absolute Gasteiger partial charge is 0.484 e. The van der Waals surface area contributed by atoms with Gasteiger partial charge in [0.2, 0.25) is 0 Å². The van der Waals surface area contributed by atoms with Crippen molar-refractivity contribution in [2.24, 2.45) is 5.10 Å². The molecule has 2 aromatic carbocycles. The van der Waals surface area contributed by atoms with E-state index in [1.54, 1.807) is 42.2 Å². The molecule has 2 rings (SSSR count). The van der Waals surface area contributed by atoms with Gasteiger partial charge in [-0.25, -0.2) is 5.43 Å². The smallest absolute Gasteiger partial charge is 0.258 e. The van der Waals surface area contributed by atoms with E-state index in [0.29, 0.717) is 5.75 Å². The highest BCUT2D eigenvalue weighted by molar-refractivity contribution is 7.99. The van der Waals surface area contributed by atoms with E-state index in [0.717, 1.165) is 11.3 Å². The van der Waals surface area contributed by atoms with Gasteiger partial charge in [0.25, 0.3) is 11.8 Å². The molecule has 7 heteroatoms. The Morgan fingerprint density at radius 3 is 2.40 bits per heavy atom. The zero-order valence-electron chi connectivity index (χ0n) is 17.8. The minimum Gasteiger partial charge on any atom is -0.484 e. The molecule has 0 heterocycles. The Hall–Kier alpha value is -2.80. The second-order valence-electron chi connectivity index (χ2n) is 7.83. The van der Waals surface area contributed by atoms with Gasteiger partial charge in [0, 0.05) is 11.3 Å². The Morgan fingerprint density at radius 2 is 1.77 bits per heavy atom. The normalized spacial score (nSPS) is 12.4. The number of nitrogens with one attached hydrogen (secondary N) is 2. The van der Waals surface area contributed by atoms with Crippen molar-refractivity contribution in [3.8, 4) is 5.75 Å². The molecule has 2 amide bonds. The number of hydrogen-bond donors (Lipinski definition) is 2. The molecule has 0 aliphatic heterocycles. The average Bonchev–Trinajstić information content (AvgIpc) is 2.71. The van der Waals surface area contributed by atoms with Gasteiger partial charge in [-0.1, -0.05) is 30.3 Å². The molecular formula is C23H29N3O3S. The molecule has 2 aromatic rings. The summed E-state index contributed by atoms with van der Waals surface area (Å²) in [7, 11) is 0. The Morgan fingerprint density at radius 1 is 1.10 bits per heavy atom. The lowest BCUT2D eigenvalue weighted by molar-refractivity contribution is -0.124. The number of rotatable bonds is 9. The first kappa shape index (κ1) is 23.5. The molecule has 1 atom stereocenters. The second kappa shape index (κ2) is 11.4. The number of carbonyl (C=O) groups excluding carboxylic acids is 2. The van der Waals surface area contributed by atoms with E-state index in [2.05, 4.69) is 15.8 Å². The highest BCUT2D eigenvalue weighted by atomic mass is 32.2. The van der Waals surface area contributed by atoms with Gasteiger partial charge < -0.3 is 10.1 Å². The van der Waals surface area contributed by atoms with Gasteiger partial charge in [-0.3, -0.25) is 9.59 Å². The fourth-order valence-electron chi connectivity index (χ4n) is 2.39. The summed E-state index contributed by atoms with van der Waals surface area (Å²) in [6, 6.07) is 17.2. The average molecular weight is 428 g/mol. The molecule has 0 aromatic heterocycles. The van der Waals surface area contributed by atoms with Crippen LogP contribution in [0, 0.1) is 0 Å². The maximum absolute atomic E-state index is 12.2. The zero-order valence-corrected chi connectivity index (χ0v) is 18.7. The second-order valence-corrected chi connectivity index (χ2v) is 9.16. The van der Waals surface area contributed by atoms with Crippen LogP contribution in [0.4, 0.5) is 0 Å². The van der Waals surface area contributed by atoms with Crippen molar-refractivity contribution in [3.05, 3.63) is 65.7 Å². The highest BCUT2D eigenvalue weighted by Gasteiger charge is 2.14. The van der Waals surface area contributed by atoms with Gasteiger partial charge in [-0.05, 0) is 63.1 Å². The number of hydrazone groups is 1. The standard InChI is InChI=1S/C23H29N3O3S/c1-17(30-16-19-8-6-5-7-9-19)22(28)26-24-14-18-10-12-20(13-11-18)29-15-21(27)25-23(2,3)4/h5-14,17H,15-16H2,1-4H3,(H,25,27)(H,26,28)/b24-14-/t17-/m0/s1. The molecule has 6 nitrogen and oxygen atoms in total. The number of hydrogen-bond acceptors (Lipinski definition) is 5. The van der Waals surface area contributed by atoms with Gasteiger partial charge in [0.1, 0.15) is 5.75 Å². The lowest BCUT2D eigenvalue weighted by Crippen LogP contribution is -2.43. The lowest BCUT2D eigenvalue weighted by atomic mass is 10.1. The first-order chi connectivity index (χ1) is 14.2. The molecular weight excluding hydrogens is 398 g/mol. The summed E-state index contributed by atoms with van der Waals surface area (Å²) in [6.45, 7) is 7.57. The van der Waals surface area contributed by atoms with Crippen LogP contribution >= 0.6 is 11.8 Å². The van der Waals surface area contributed by atoms with Crippen molar-refractivity contribution < 1.29 is 14.3 Å². The zero-order chi connectivity index (χ0) is 22.0. The van der Waals surface area contributed by atoms with Crippen molar-refractivity contribution in [2.75, 3.05) is 6.61 Å². The molecule has 0 saturated carbocycles. The summed E-state index contributed by atoms with van der Waals surface area (Å²) < 4.78 is 5.48. The van der Waals surface area contributed by atoms with Gasteiger partial charge in [0.15, 0.2) is 6.61 Å². The van der Waals surface area contributed by atoms with Crippen LogP contribution < -0.4 is 15.5 Å². The first-order valence-electron chi connectivity index (χ1n) is 9.75. The third kappa shape index (κ3) is 9.13. The van der Waals surface area contributed by atoms with Crippen molar-refractivity contribution in [2.45, 2.75) is 44.2 Å². The summed E-state index contributed by atoms with van der Waals surface area (Å²) in [5, 5.41) is 6.65. The van der Waals surface area contributed by atoms with E-state index >= 15 is 0 Å². The summed E-state index contributed by atoms with van der Waals surface area (Å²) >= 11 is 1.56. The molecule has 0 radical (unpaired) electrons. The minimum atomic E-state index is -0.289. The lowest BCUT2D eigenvalue weighted by Gasteiger charge is -2.20. The number of thioether (sulfide) groups is 1. The number of benzene rings is 2. The van der Waals surface area contributed by atoms with Gasteiger partial charge in [0.05, 0.1) is 11.5 Å². The predicted octanol–water partition coefficient (Wildman–Crippen LogP) is 3.75. The van der Waals surface area contributed by atoms with Crippen LogP contribution in [0.5, 0.6) is 5.75 Å². The van der Waals surface area contributed by atoms with E-state index in [4.69, 9.17) is 4.74 Å². The van der Waals surface area contributed by atoms with Crippen molar-refractivity contribution >= 4 is 29.8 Å². The molecule has 0 aliphatic carbocycles. The van der Waals surface area contributed by atoms with Crippen LogP contribution in [0.15, 0.2) is 59.7 Å². The van der Waals surface area contributed by atoms with Gasteiger partial charge in [-0.2, -0.15) is 5.10 Å². The Balaban J connectivity index is 1.74. The molecule has 0 spiro atoms. The summed E-state index contributed by atoms with van der Waals surface area (Å²) in [6.07, 6.45) is 1.57. The monoisotopic (exact) mass is 427 g/mol. The van der Waals surface area contributed by atoms with Crippen LogP contribution in [0.25, 0.3) is 0 Å². The quantitative estimate of drug-likeness (QED) is 0.472. The SMILES string of the molecule is C[C@H](SCc1ccccc1)C(=O)N/N=C\c1ccc(OCC(=O)NC(C)(C)C)cc1. The maximum Gasteiger partial charge on any atom is 0.258 e. The van der Waals surface area contributed by atoms with E-state index in [1.807, 2.05) is 58.0 Å². The van der Waals surface area contributed by atoms with Crippen LogP contribution in [-0.4, -0.2) is 35.4 Å². The number of carbonyl (C=O) groups is 2. The van der Waals surface area contributed by atoms with E-state index < -0.39 is 0 Å². The minimum absolute atomic E-state index is 0.0424. The third-order valence-corrected chi connectivity index (χ3v) is 5.08. The Bertz CT molecular complexity index is 846. The van der Waals surface area contributed by atoms with Crippen molar-refractivity contribution in [3.63, 3.8) is 0 Å². The van der Waals surface area contributed by atoms with E-state index in [1.165, 1.54) is 5.56 Å². The number of nitrogens with zero attached hydrogens (tertiary/aromatic N) is 1. The molecule has 0 saturated heterocycles. The molecule has 2 N–H and O–H groups in total. The highest BCUT2D eigenvalue weighted by Crippen LogP contribution is 2.17. The Labute approximate surface area is 182 Å². The van der Waals surface area contributed by atoms with E-state index in [9.17, 15) is 9.59 Å². The first-order valence-corrected chi connectivity index (χ1v) is 10.8. The molecule has 0 aliphatic rings. The fourth-order valence-corrected chi connectivity index (χ4v) is 3.22. The molecule has 0 bridgehead atoms. The Kier molecular flexibility index (Phi) is 8.92.